The standard InChI is InChI=1S/C20H19BrN2O2/c1-13(2)25-19-8-7-15(11-18(19)21)10-16(12-22)20(24)23-17-6-4-5-14(3)9-17/h4-11,13H,1-3H3,(H,23,24)/b16-10+. The number of halogens is 1. The number of benzene rings is 2. The molecule has 0 heterocycles. The first-order valence-electron chi connectivity index (χ1n) is 7.85. The topological polar surface area (TPSA) is 62.1 Å². The summed E-state index contributed by atoms with van der Waals surface area (Å²) in [4.78, 5) is 12.3. The van der Waals surface area contributed by atoms with Gasteiger partial charge in [0, 0.05) is 5.69 Å². The van der Waals surface area contributed by atoms with E-state index in [-0.39, 0.29) is 11.7 Å². The molecule has 1 N–H and O–H groups in total. The fourth-order valence-corrected chi connectivity index (χ4v) is 2.68. The highest BCUT2D eigenvalue weighted by atomic mass is 79.9. The van der Waals surface area contributed by atoms with E-state index in [1.165, 1.54) is 0 Å². The van der Waals surface area contributed by atoms with Crippen molar-refractivity contribution in [2.45, 2.75) is 26.9 Å². The highest BCUT2D eigenvalue weighted by molar-refractivity contribution is 9.10. The van der Waals surface area contributed by atoms with Gasteiger partial charge in [-0.25, -0.2) is 0 Å². The van der Waals surface area contributed by atoms with Crippen molar-refractivity contribution in [3.8, 4) is 11.8 Å². The lowest BCUT2D eigenvalue weighted by Crippen LogP contribution is -2.13. The molecule has 2 aromatic carbocycles. The molecule has 0 bridgehead atoms. The number of nitrogens with zero attached hydrogens (tertiary/aromatic N) is 1. The highest BCUT2D eigenvalue weighted by Gasteiger charge is 2.11. The number of nitrogens with one attached hydrogen (secondary N) is 1. The van der Waals surface area contributed by atoms with E-state index >= 15 is 0 Å². The third-order valence-corrected chi connectivity index (χ3v) is 3.89. The Balaban J connectivity index is 2.20. The molecule has 0 aliphatic heterocycles. The monoisotopic (exact) mass is 398 g/mol. The van der Waals surface area contributed by atoms with E-state index in [1.807, 2.05) is 57.2 Å². The molecule has 0 saturated heterocycles. The molecular formula is C20H19BrN2O2. The molecule has 0 spiro atoms. The molecule has 0 aromatic heterocycles. The number of carbonyl (C=O) groups is 1. The molecule has 0 aliphatic carbocycles. The van der Waals surface area contributed by atoms with E-state index in [2.05, 4.69) is 21.2 Å². The number of aryl methyl sites for hydroxylation is 1. The van der Waals surface area contributed by atoms with Crippen molar-refractivity contribution in [2.24, 2.45) is 0 Å². The molecule has 0 fully saturated rings. The van der Waals surface area contributed by atoms with E-state index in [9.17, 15) is 10.1 Å². The minimum Gasteiger partial charge on any atom is -0.490 e. The summed E-state index contributed by atoms with van der Waals surface area (Å²) in [5.74, 6) is 0.279. The maximum atomic E-state index is 12.3. The normalized spacial score (nSPS) is 11.1. The van der Waals surface area contributed by atoms with E-state index < -0.39 is 5.91 Å². The molecule has 4 nitrogen and oxygen atoms in total. The van der Waals surface area contributed by atoms with E-state index in [0.29, 0.717) is 5.69 Å². The van der Waals surface area contributed by atoms with Crippen molar-refractivity contribution < 1.29 is 9.53 Å². The predicted octanol–water partition coefficient (Wildman–Crippen LogP) is 5.09. The Morgan fingerprint density at radius 1 is 1.28 bits per heavy atom. The Morgan fingerprint density at radius 2 is 2.04 bits per heavy atom. The number of hydrogen-bond donors (Lipinski definition) is 1. The maximum absolute atomic E-state index is 12.3. The summed E-state index contributed by atoms with van der Waals surface area (Å²) in [5, 5.41) is 12.1. The summed E-state index contributed by atoms with van der Waals surface area (Å²) >= 11 is 3.45. The smallest absolute Gasteiger partial charge is 0.266 e. The Kier molecular flexibility index (Phi) is 6.37. The maximum Gasteiger partial charge on any atom is 0.266 e. The van der Waals surface area contributed by atoms with E-state index in [0.717, 1.165) is 21.3 Å². The van der Waals surface area contributed by atoms with Gasteiger partial charge in [0.25, 0.3) is 5.91 Å². The molecule has 0 radical (unpaired) electrons. The lowest BCUT2D eigenvalue weighted by Gasteiger charge is -2.11. The van der Waals surface area contributed by atoms with Gasteiger partial charge in [0.1, 0.15) is 17.4 Å². The summed E-state index contributed by atoms with van der Waals surface area (Å²) in [5.41, 5.74) is 2.46. The molecule has 25 heavy (non-hydrogen) atoms. The van der Waals surface area contributed by atoms with Crippen molar-refractivity contribution in [3.05, 3.63) is 63.6 Å². The van der Waals surface area contributed by atoms with Crippen LogP contribution in [-0.2, 0) is 4.79 Å². The predicted molar refractivity (Wildman–Crippen MR) is 103 cm³/mol. The van der Waals surface area contributed by atoms with Gasteiger partial charge in [-0.1, -0.05) is 18.2 Å². The Hall–Kier alpha value is -2.58. The first-order chi connectivity index (χ1) is 11.9. The summed E-state index contributed by atoms with van der Waals surface area (Å²) in [7, 11) is 0. The van der Waals surface area contributed by atoms with Crippen molar-refractivity contribution >= 4 is 33.6 Å². The average Bonchev–Trinajstić information content (AvgIpc) is 2.54. The van der Waals surface area contributed by atoms with Crippen LogP contribution in [0.1, 0.15) is 25.0 Å². The van der Waals surface area contributed by atoms with Crippen molar-refractivity contribution in [1.82, 2.24) is 0 Å². The molecule has 2 rings (SSSR count). The van der Waals surface area contributed by atoms with Crippen molar-refractivity contribution in [3.63, 3.8) is 0 Å². The Labute approximate surface area is 156 Å². The van der Waals surface area contributed by atoms with Crippen molar-refractivity contribution in [1.29, 1.82) is 5.26 Å². The Bertz CT molecular complexity index is 851. The van der Waals surface area contributed by atoms with Gasteiger partial charge >= 0.3 is 0 Å². The van der Waals surface area contributed by atoms with Crippen LogP contribution in [0, 0.1) is 18.3 Å². The van der Waals surface area contributed by atoms with Crippen LogP contribution in [0.4, 0.5) is 5.69 Å². The summed E-state index contributed by atoms with van der Waals surface area (Å²) in [6.07, 6.45) is 1.61. The van der Waals surface area contributed by atoms with Gasteiger partial charge in [0.05, 0.1) is 10.6 Å². The van der Waals surface area contributed by atoms with Crippen LogP contribution in [0.5, 0.6) is 5.75 Å². The van der Waals surface area contributed by atoms with Gasteiger partial charge in [-0.2, -0.15) is 5.26 Å². The third-order valence-electron chi connectivity index (χ3n) is 3.27. The van der Waals surface area contributed by atoms with Crippen LogP contribution in [-0.4, -0.2) is 12.0 Å². The second-order valence-electron chi connectivity index (χ2n) is 5.85. The first-order valence-corrected chi connectivity index (χ1v) is 8.64. The number of ether oxygens (including phenoxy) is 1. The molecule has 128 valence electrons. The second-order valence-corrected chi connectivity index (χ2v) is 6.70. The number of anilines is 1. The molecule has 0 atom stereocenters. The van der Waals surface area contributed by atoms with Gasteiger partial charge in [0.2, 0.25) is 0 Å². The van der Waals surface area contributed by atoms with Gasteiger partial charge < -0.3 is 10.1 Å². The van der Waals surface area contributed by atoms with Gasteiger partial charge in [-0.3, -0.25) is 4.79 Å². The zero-order valence-corrected chi connectivity index (χ0v) is 15.9. The molecule has 1 amide bonds. The Morgan fingerprint density at radius 3 is 2.64 bits per heavy atom. The van der Waals surface area contributed by atoms with Gasteiger partial charge in [-0.05, 0) is 78.2 Å². The van der Waals surface area contributed by atoms with Crippen LogP contribution in [0.15, 0.2) is 52.5 Å². The molecule has 0 unspecified atom stereocenters. The lowest BCUT2D eigenvalue weighted by molar-refractivity contribution is -0.112. The fourth-order valence-electron chi connectivity index (χ4n) is 2.19. The number of hydrogen-bond acceptors (Lipinski definition) is 3. The summed E-state index contributed by atoms with van der Waals surface area (Å²) < 4.78 is 6.43. The third kappa shape index (κ3) is 5.47. The van der Waals surface area contributed by atoms with Crippen LogP contribution in [0.2, 0.25) is 0 Å². The van der Waals surface area contributed by atoms with Crippen LogP contribution in [0.25, 0.3) is 6.08 Å². The minimum absolute atomic E-state index is 0.0333. The summed E-state index contributed by atoms with van der Waals surface area (Å²) in [6, 6.07) is 14.8. The zero-order chi connectivity index (χ0) is 18.4. The molecule has 0 aliphatic rings. The summed E-state index contributed by atoms with van der Waals surface area (Å²) in [6.45, 7) is 5.84. The van der Waals surface area contributed by atoms with Crippen molar-refractivity contribution in [2.75, 3.05) is 5.32 Å². The van der Waals surface area contributed by atoms with Crippen LogP contribution in [0.3, 0.4) is 0 Å². The van der Waals surface area contributed by atoms with Crippen LogP contribution < -0.4 is 10.1 Å². The molecule has 5 heteroatoms. The van der Waals surface area contributed by atoms with Crippen LogP contribution >= 0.6 is 15.9 Å². The number of rotatable bonds is 5. The minimum atomic E-state index is -0.438. The number of nitriles is 1. The van der Waals surface area contributed by atoms with Gasteiger partial charge in [0.15, 0.2) is 0 Å². The average molecular weight is 399 g/mol. The zero-order valence-electron chi connectivity index (χ0n) is 14.3. The highest BCUT2D eigenvalue weighted by Crippen LogP contribution is 2.28. The number of carbonyl (C=O) groups excluding carboxylic acids is 1. The SMILES string of the molecule is Cc1cccc(NC(=O)/C(C#N)=C/c2ccc(OC(C)C)c(Br)c2)c1. The lowest BCUT2D eigenvalue weighted by atomic mass is 10.1. The largest absolute Gasteiger partial charge is 0.490 e. The van der Waals surface area contributed by atoms with E-state index in [1.54, 1.807) is 18.2 Å². The first kappa shape index (κ1) is 18.8. The molecular weight excluding hydrogens is 380 g/mol. The fraction of sp³-hybridized carbons (Fsp3) is 0.200. The quantitative estimate of drug-likeness (QED) is 0.563. The number of amides is 1. The van der Waals surface area contributed by atoms with Gasteiger partial charge in [-0.15, -0.1) is 0 Å². The van der Waals surface area contributed by atoms with E-state index in [4.69, 9.17) is 4.74 Å². The molecule has 2 aromatic rings. The molecule has 0 saturated carbocycles. The second kappa shape index (κ2) is 8.50.